The zero-order valence-corrected chi connectivity index (χ0v) is 44.1. The normalized spacial score (nSPS) is 15.4. The molecule has 0 unspecified atom stereocenters. The smallest absolute Gasteiger partial charge is 0.326 e. The van der Waals surface area contributed by atoms with Gasteiger partial charge in [-0.15, -0.1) is 0 Å². The first-order valence-electron chi connectivity index (χ1n) is 26.5. The van der Waals surface area contributed by atoms with Crippen LogP contribution in [-0.4, -0.2) is 154 Å². The zero-order chi connectivity index (χ0) is 54.1. The molecule has 1 aromatic rings. The van der Waals surface area contributed by atoms with E-state index in [4.69, 9.17) is 11.5 Å². The first kappa shape index (κ1) is 63.3. The summed E-state index contributed by atoms with van der Waals surface area (Å²) >= 11 is 0. The molecule has 23 heteroatoms. The minimum Gasteiger partial charge on any atom is -0.480 e. The lowest BCUT2D eigenvalue weighted by Gasteiger charge is -2.28. The number of aromatic nitrogens is 2. The van der Waals surface area contributed by atoms with Crippen molar-refractivity contribution in [3.63, 3.8) is 0 Å². The summed E-state index contributed by atoms with van der Waals surface area (Å²) in [7, 11) is 0. The molecule has 0 aliphatic carbocycles. The number of aromatic amines is 1. The molecule has 0 spiro atoms. The topological polar surface area (TPSA) is 358 Å². The number of carboxylic acids is 1. The number of amides is 7. The van der Waals surface area contributed by atoms with E-state index in [0.717, 1.165) is 24.2 Å². The molecule has 6 atom stereocenters. The maximum atomic E-state index is 14.0. The molecule has 1 saturated heterocycles. The molecular weight excluding hydrogens is 943 g/mol. The summed E-state index contributed by atoms with van der Waals surface area (Å²) < 4.78 is 0. The standard InChI is InChI=1S/C50H89N13O10/c1-6-7-8-9-10-11-12-13-14-15-16-17-22-53-29-42(65)58-37(25-33(2)3)45(68)61-38(26-34(4)5)46(69)60-36(20-18-23-55-50(51)52)44(67)56-30-43(66)59-39(27-35-28-54-32-57-35)47(70)62-40(31-64)48(71)63-24-19-21-41(63)49(72)73/h28,32-34,36-41,53,64H,6-27,29-31H2,1-5H3,(H,54,57)(H,56,67)(H,58,65)(H,59,66)(H,60,69)(H,61,68)(H,62,70)(H,72,73)(H4,51,52,55)/t36-,37-,38-,39-,40-,41-/m0/s1. The number of aliphatic hydroxyl groups is 1. The second-order valence-electron chi connectivity index (χ2n) is 19.9. The summed E-state index contributed by atoms with van der Waals surface area (Å²) in [5.41, 5.74) is 11.4. The van der Waals surface area contributed by atoms with Crippen LogP contribution in [0.3, 0.4) is 0 Å². The lowest BCUT2D eigenvalue weighted by molar-refractivity contribution is -0.150. The van der Waals surface area contributed by atoms with Crippen LogP contribution in [0.1, 0.15) is 156 Å². The SMILES string of the molecule is CCCCCCCCCCCCCCNCC(=O)N[C@@H](CC(C)C)C(=O)N[C@@H](CC(C)C)C(=O)N[C@@H](CCCN=C(N)N)C(=O)NCC(=O)N[C@@H](Cc1cnc[nH]1)C(=O)N[C@@H](CO)C(=O)N1CCC[C@H]1C(=O)O. The molecule has 414 valence electrons. The van der Waals surface area contributed by atoms with Crippen LogP contribution in [0.5, 0.6) is 0 Å². The Kier molecular flexibility index (Phi) is 31.3. The highest BCUT2D eigenvalue weighted by Gasteiger charge is 2.38. The van der Waals surface area contributed by atoms with E-state index in [-0.39, 0.29) is 75.4 Å². The second-order valence-corrected chi connectivity index (χ2v) is 19.9. The molecule has 2 heterocycles. The van der Waals surface area contributed by atoms with Gasteiger partial charge in [-0.3, -0.25) is 38.6 Å². The van der Waals surface area contributed by atoms with Crippen molar-refractivity contribution in [3.8, 4) is 0 Å². The predicted molar refractivity (Wildman–Crippen MR) is 277 cm³/mol. The monoisotopic (exact) mass is 1030 g/mol. The van der Waals surface area contributed by atoms with Crippen LogP contribution >= 0.6 is 0 Å². The Balaban J connectivity index is 2.07. The number of aliphatic imine (C=N–C) groups is 1. The van der Waals surface area contributed by atoms with Crippen LogP contribution in [0.2, 0.25) is 0 Å². The van der Waals surface area contributed by atoms with E-state index in [1.807, 2.05) is 27.7 Å². The first-order valence-corrected chi connectivity index (χ1v) is 26.5. The average molecular weight is 1030 g/mol. The summed E-state index contributed by atoms with van der Waals surface area (Å²) in [5.74, 6) is -6.34. The van der Waals surface area contributed by atoms with Crippen LogP contribution in [0.15, 0.2) is 17.5 Å². The highest BCUT2D eigenvalue weighted by atomic mass is 16.4. The molecule has 0 radical (unpaired) electrons. The number of hydrogen-bond donors (Lipinski definition) is 12. The molecule has 1 fully saturated rings. The Morgan fingerprint density at radius 1 is 0.712 bits per heavy atom. The van der Waals surface area contributed by atoms with Gasteiger partial charge in [-0.2, -0.15) is 0 Å². The molecule has 0 saturated carbocycles. The summed E-state index contributed by atoms with van der Waals surface area (Å²) in [5, 5.41) is 38.6. The number of unbranched alkanes of at least 4 members (excludes halogenated alkanes) is 11. The van der Waals surface area contributed by atoms with Crippen LogP contribution in [-0.2, 0) is 44.8 Å². The van der Waals surface area contributed by atoms with Gasteiger partial charge in [0.1, 0.15) is 36.3 Å². The number of carbonyl (C=O) groups excluding carboxylic acids is 7. The number of H-pyrrole nitrogens is 1. The van der Waals surface area contributed by atoms with E-state index in [1.54, 1.807) is 0 Å². The third-order valence-electron chi connectivity index (χ3n) is 12.4. The number of imidazole rings is 1. The number of likely N-dealkylation sites (tertiary alicyclic amines) is 1. The third kappa shape index (κ3) is 26.6. The number of rotatable bonds is 39. The molecule has 1 aliphatic heterocycles. The summed E-state index contributed by atoms with van der Waals surface area (Å²) in [6.45, 7) is 9.21. The van der Waals surface area contributed by atoms with Gasteiger partial charge in [0, 0.05) is 31.4 Å². The molecule has 23 nitrogen and oxygen atoms in total. The van der Waals surface area contributed by atoms with E-state index in [1.165, 1.54) is 70.3 Å². The van der Waals surface area contributed by atoms with E-state index in [2.05, 4.69) is 59.1 Å². The minimum absolute atomic E-state index is 0.0117. The first-order chi connectivity index (χ1) is 34.9. The van der Waals surface area contributed by atoms with Crippen molar-refractivity contribution in [1.29, 1.82) is 0 Å². The fourth-order valence-electron chi connectivity index (χ4n) is 8.57. The maximum Gasteiger partial charge on any atom is 0.326 e. The maximum absolute atomic E-state index is 14.0. The number of guanidine groups is 1. The van der Waals surface area contributed by atoms with Crippen LogP contribution in [0.25, 0.3) is 0 Å². The van der Waals surface area contributed by atoms with Gasteiger partial charge in [0.25, 0.3) is 0 Å². The van der Waals surface area contributed by atoms with Crippen molar-refractivity contribution < 1.29 is 48.6 Å². The molecule has 0 bridgehead atoms. The van der Waals surface area contributed by atoms with Gasteiger partial charge < -0.3 is 68.8 Å². The highest BCUT2D eigenvalue weighted by Crippen LogP contribution is 2.19. The molecule has 73 heavy (non-hydrogen) atoms. The van der Waals surface area contributed by atoms with Crippen molar-refractivity contribution in [3.05, 3.63) is 18.2 Å². The Hall–Kier alpha value is -5.84. The number of aliphatic carboxylic acids is 1. The molecule has 1 aliphatic rings. The van der Waals surface area contributed by atoms with E-state index >= 15 is 0 Å². The van der Waals surface area contributed by atoms with Crippen LogP contribution in [0, 0.1) is 11.8 Å². The lowest BCUT2D eigenvalue weighted by atomic mass is 9.99. The quantitative estimate of drug-likeness (QED) is 0.0249. The van der Waals surface area contributed by atoms with Crippen molar-refractivity contribution >= 4 is 53.3 Å². The fraction of sp³-hybridized carbons (Fsp3) is 0.760. The molecular formula is C50H89N13O10. The predicted octanol–water partition coefficient (Wildman–Crippen LogP) is 0.997. The third-order valence-corrected chi connectivity index (χ3v) is 12.4. The van der Waals surface area contributed by atoms with Gasteiger partial charge in [-0.25, -0.2) is 9.78 Å². The van der Waals surface area contributed by atoms with Crippen molar-refractivity contribution in [2.75, 3.05) is 39.3 Å². The van der Waals surface area contributed by atoms with E-state index < -0.39 is 90.8 Å². The molecule has 7 amide bonds. The van der Waals surface area contributed by atoms with Crippen molar-refractivity contribution in [2.24, 2.45) is 28.3 Å². The number of nitrogens with two attached hydrogens (primary N) is 2. The van der Waals surface area contributed by atoms with Gasteiger partial charge in [-0.1, -0.05) is 105 Å². The zero-order valence-electron chi connectivity index (χ0n) is 44.1. The molecule has 0 aromatic carbocycles. The summed E-state index contributed by atoms with van der Waals surface area (Å²) in [6.07, 6.45) is 18.8. The average Bonchev–Trinajstić information content (AvgIpc) is 4.06. The number of nitrogens with zero attached hydrogens (tertiary/aromatic N) is 3. The minimum atomic E-state index is -1.51. The van der Waals surface area contributed by atoms with Crippen LogP contribution in [0.4, 0.5) is 0 Å². The van der Waals surface area contributed by atoms with Gasteiger partial charge >= 0.3 is 5.97 Å². The number of hydrogen-bond acceptors (Lipinski definition) is 12. The Bertz CT molecular complexity index is 1860. The summed E-state index contributed by atoms with van der Waals surface area (Å²) in [6, 6.07) is -7.29. The van der Waals surface area contributed by atoms with E-state index in [9.17, 15) is 48.6 Å². The van der Waals surface area contributed by atoms with Crippen molar-refractivity contribution in [2.45, 2.75) is 193 Å². The number of aliphatic hydroxyl groups excluding tert-OH is 1. The molecule has 2 rings (SSSR count). The largest absolute Gasteiger partial charge is 0.480 e. The number of carbonyl (C=O) groups is 8. The second kappa shape index (κ2) is 36.1. The number of nitrogens with one attached hydrogen (secondary N) is 8. The molecule has 14 N–H and O–H groups in total. The molecule has 1 aromatic heterocycles. The van der Waals surface area contributed by atoms with Gasteiger partial charge in [0.15, 0.2) is 5.96 Å². The summed E-state index contributed by atoms with van der Waals surface area (Å²) in [4.78, 5) is 118. The number of carboxylic acid groups (broad SMARTS) is 1. The van der Waals surface area contributed by atoms with Crippen LogP contribution < -0.4 is 48.7 Å². The Morgan fingerprint density at radius 3 is 1.79 bits per heavy atom. The van der Waals surface area contributed by atoms with Crippen molar-refractivity contribution in [1.82, 2.24) is 52.1 Å². The van der Waals surface area contributed by atoms with Gasteiger partial charge in [0.05, 0.1) is 26.0 Å². The van der Waals surface area contributed by atoms with Gasteiger partial charge in [0.2, 0.25) is 41.4 Å². The lowest BCUT2D eigenvalue weighted by Crippen LogP contribution is -2.59. The Labute approximate surface area is 431 Å². The Morgan fingerprint density at radius 2 is 1.25 bits per heavy atom. The fourth-order valence-corrected chi connectivity index (χ4v) is 8.57. The van der Waals surface area contributed by atoms with Gasteiger partial charge in [-0.05, 0) is 63.3 Å². The van der Waals surface area contributed by atoms with E-state index in [0.29, 0.717) is 25.1 Å². The highest BCUT2D eigenvalue weighted by molar-refractivity contribution is 5.96.